The van der Waals surface area contributed by atoms with Gasteiger partial charge >= 0.3 is 0 Å². The van der Waals surface area contributed by atoms with Gasteiger partial charge in [-0.05, 0) is 43.0 Å². The molecule has 0 aliphatic heterocycles. The van der Waals surface area contributed by atoms with E-state index in [0.717, 1.165) is 0 Å². The zero-order valence-electron chi connectivity index (χ0n) is 8.58. The Kier molecular flexibility index (Phi) is 2.40. The lowest BCUT2D eigenvalue weighted by atomic mass is 10.2. The molecule has 1 nitrogen and oxygen atoms in total. The third kappa shape index (κ3) is 2.25. The molecule has 3 rings (SSSR count). The predicted molar refractivity (Wildman–Crippen MR) is 57.4 cm³/mol. The zero-order chi connectivity index (χ0) is 9.97. The molecule has 1 aliphatic rings. The number of hydrogen-bond donors (Lipinski definition) is 0. The average Bonchev–Trinajstić information content (AvgIpc) is 2.77. The molecule has 14 heavy (non-hydrogen) atoms. The quantitative estimate of drug-likeness (QED) is 0.524. The van der Waals surface area contributed by atoms with Crippen molar-refractivity contribution >= 4 is 0 Å². The van der Waals surface area contributed by atoms with Gasteiger partial charge in [0.25, 0.3) is 0 Å². The first-order chi connectivity index (χ1) is 6.75. The van der Waals surface area contributed by atoms with Crippen LogP contribution in [0.4, 0.5) is 0 Å². The van der Waals surface area contributed by atoms with Crippen molar-refractivity contribution in [3.8, 4) is 0 Å². The lowest BCUT2D eigenvalue weighted by Gasteiger charge is -1.82. The summed E-state index contributed by atoms with van der Waals surface area (Å²) in [5.74, 6) is 0. The van der Waals surface area contributed by atoms with Crippen LogP contribution in [0.5, 0.6) is 0 Å². The monoisotopic (exact) mass is 186 g/mol. The van der Waals surface area contributed by atoms with Crippen molar-refractivity contribution in [2.45, 2.75) is 20.3 Å². The molecule has 1 aliphatic carbocycles. The highest BCUT2D eigenvalue weighted by atomic mass is 16.3. The number of fused-ring (bicyclic) bond motifs is 1. The summed E-state index contributed by atoms with van der Waals surface area (Å²) in [6.07, 6.45) is 4.61. The SMILES string of the molecule is Cc1ccc2c(c1)C2.Cc1ccoc1. The van der Waals surface area contributed by atoms with Crippen LogP contribution < -0.4 is 0 Å². The van der Waals surface area contributed by atoms with E-state index >= 15 is 0 Å². The largest absolute Gasteiger partial charge is 0.472 e. The van der Waals surface area contributed by atoms with Crippen molar-refractivity contribution in [3.05, 3.63) is 59.0 Å². The molecule has 0 fully saturated rings. The molecule has 0 atom stereocenters. The molecule has 1 aromatic heterocycles. The predicted octanol–water partition coefficient (Wildman–Crippen LogP) is 3.49. The molecule has 72 valence electrons. The van der Waals surface area contributed by atoms with Crippen molar-refractivity contribution in [2.75, 3.05) is 0 Å². The highest BCUT2D eigenvalue weighted by Crippen LogP contribution is 2.27. The van der Waals surface area contributed by atoms with Crippen molar-refractivity contribution < 1.29 is 4.42 Å². The third-order valence-corrected chi connectivity index (χ3v) is 2.28. The molecule has 0 saturated carbocycles. The maximum atomic E-state index is 4.71. The van der Waals surface area contributed by atoms with Gasteiger partial charge in [0.15, 0.2) is 0 Å². The van der Waals surface area contributed by atoms with Gasteiger partial charge in [0, 0.05) is 0 Å². The van der Waals surface area contributed by atoms with E-state index < -0.39 is 0 Å². The summed E-state index contributed by atoms with van der Waals surface area (Å²) in [5.41, 5.74) is 5.65. The van der Waals surface area contributed by atoms with Crippen molar-refractivity contribution in [3.63, 3.8) is 0 Å². The minimum atomic E-state index is 1.18. The number of benzene rings is 1. The maximum Gasteiger partial charge on any atom is 0.0931 e. The third-order valence-electron chi connectivity index (χ3n) is 2.28. The molecule has 0 N–H and O–H groups in total. The Hall–Kier alpha value is -1.50. The molecule has 0 unspecified atom stereocenters. The van der Waals surface area contributed by atoms with Crippen LogP contribution in [0, 0.1) is 13.8 Å². The van der Waals surface area contributed by atoms with Gasteiger partial charge in [-0.2, -0.15) is 0 Å². The number of furan rings is 1. The second kappa shape index (κ2) is 3.70. The van der Waals surface area contributed by atoms with E-state index in [1.54, 1.807) is 18.1 Å². The number of rotatable bonds is 0. The Morgan fingerprint density at radius 1 is 1.00 bits per heavy atom. The fourth-order valence-corrected chi connectivity index (χ4v) is 1.36. The Labute approximate surface area is 84.4 Å². The fraction of sp³-hybridized carbons (Fsp3) is 0.231. The molecule has 0 radical (unpaired) electrons. The summed E-state index contributed by atoms with van der Waals surface area (Å²) in [4.78, 5) is 0. The van der Waals surface area contributed by atoms with E-state index in [9.17, 15) is 0 Å². The number of aryl methyl sites for hydroxylation is 2. The minimum absolute atomic E-state index is 1.18. The Morgan fingerprint density at radius 3 is 2.29 bits per heavy atom. The van der Waals surface area contributed by atoms with Gasteiger partial charge in [0.2, 0.25) is 0 Å². The van der Waals surface area contributed by atoms with Gasteiger partial charge in [-0.15, -0.1) is 0 Å². The summed E-state index contributed by atoms with van der Waals surface area (Å²) in [5, 5.41) is 0. The van der Waals surface area contributed by atoms with Crippen LogP contribution >= 0.6 is 0 Å². The standard InChI is InChI=1S/C8H8.C5H6O/c1-6-2-3-7-5-8(7)4-6;1-5-2-3-6-4-5/h2-4H,5H2,1H3;2-4H,1H3. The van der Waals surface area contributed by atoms with Crippen molar-refractivity contribution in [2.24, 2.45) is 0 Å². The zero-order valence-corrected chi connectivity index (χ0v) is 8.58. The molecule has 0 bridgehead atoms. The highest BCUT2D eigenvalue weighted by Gasteiger charge is 2.14. The lowest BCUT2D eigenvalue weighted by molar-refractivity contribution is 0.565. The first-order valence-electron chi connectivity index (χ1n) is 4.83. The van der Waals surface area contributed by atoms with Crippen LogP contribution in [0.3, 0.4) is 0 Å². The Balaban J connectivity index is 0.000000112. The summed E-state index contributed by atoms with van der Waals surface area (Å²) >= 11 is 0. The van der Waals surface area contributed by atoms with Crippen LogP contribution in [-0.4, -0.2) is 0 Å². The van der Waals surface area contributed by atoms with Gasteiger partial charge in [-0.3, -0.25) is 0 Å². The second-order valence-electron chi connectivity index (χ2n) is 3.75. The summed E-state index contributed by atoms with van der Waals surface area (Å²) in [7, 11) is 0. The summed E-state index contributed by atoms with van der Waals surface area (Å²) < 4.78 is 4.71. The van der Waals surface area contributed by atoms with E-state index in [2.05, 4.69) is 25.1 Å². The summed E-state index contributed by atoms with van der Waals surface area (Å²) in [6.45, 7) is 4.13. The molecule has 1 aromatic carbocycles. The van der Waals surface area contributed by atoms with Crippen LogP contribution in [-0.2, 0) is 6.42 Å². The van der Waals surface area contributed by atoms with Crippen LogP contribution in [0.25, 0.3) is 0 Å². The molecule has 0 spiro atoms. The van der Waals surface area contributed by atoms with E-state index in [4.69, 9.17) is 4.42 Å². The second-order valence-corrected chi connectivity index (χ2v) is 3.75. The average molecular weight is 186 g/mol. The fourth-order valence-electron chi connectivity index (χ4n) is 1.36. The van der Waals surface area contributed by atoms with Crippen molar-refractivity contribution in [1.82, 2.24) is 0 Å². The lowest BCUT2D eigenvalue weighted by Crippen LogP contribution is -1.63. The van der Waals surface area contributed by atoms with Crippen LogP contribution in [0.15, 0.2) is 41.2 Å². The molecule has 1 heteroatoms. The first kappa shape index (κ1) is 9.07. The van der Waals surface area contributed by atoms with Gasteiger partial charge in [0.05, 0.1) is 12.5 Å². The first-order valence-corrected chi connectivity index (χ1v) is 4.83. The van der Waals surface area contributed by atoms with E-state index in [1.807, 2.05) is 13.0 Å². The molecule has 1 heterocycles. The molecule has 2 aromatic rings. The molecular weight excluding hydrogens is 172 g/mol. The van der Waals surface area contributed by atoms with Crippen LogP contribution in [0.1, 0.15) is 22.3 Å². The Morgan fingerprint density at radius 2 is 1.86 bits per heavy atom. The van der Waals surface area contributed by atoms with Crippen molar-refractivity contribution in [1.29, 1.82) is 0 Å². The van der Waals surface area contributed by atoms with Gasteiger partial charge in [-0.25, -0.2) is 0 Å². The molecule has 0 saturated heterocycles. The number of hydrogen-bond acceptors (Lipinski definition) is 1. The van der Waals surface area contributed by atoms with Gasteiger partial charge in [-0.1, -0.05) is 23.8 Å². The Bertz CT molecular complexity index is 412. The maximum absolute atomic E-state index is 4.71. The van der Waals surface area contributed by atoms with E-state index in [-0.39, 0.29) is 0 Å². The van der Waals surface area contributed by atoms with E-state index in [1.165, 1.54) is 23.1 Å². The topological polar surface area (TPSA) is 13.1 Å². The van der Waals surface area contributed by atoms with Gasteiger partial charge in [0.1, 0.15) is 0 Å². The highest BCUT2D eigenvalue weighted by molar-refractivity contribution is 5.46. The molecular formula is C13H14O. The summed E-state index contributed by atoms with van der Waals surface area (Å²) in [6, 6.07) is 8.56. The smallest absolute Gasteiger partial charge is 0.0931 e. The normalized spacial score (nSPS) is 11.3. The van der Waals surface area contributed by atoms with Crippen LogP contribution in [0.2, 0.25) is 0 Å². The molecule has 0 amide bonds. The van der Waals surface area contributed by atoms with E-state index in [0.29, 0.717) is 0 Å². The van der Waals surface area contributed by atoms with Gasteiger partial charge < -0.3 is 4.42 Å². The minimum Gasteiger partial charge on any atom is -0.472 e.